The normalized spacial score (nSPS) is 30.1. The smallest absolute Gasteiger partial charge is 0.274 e. The topological polar surface area (TPSA) is 54.4 Å². The molecule has 0 saturated carbocycles. The predicted octanol–water partition coefficient (Wildman–Crippen LogP) is 1.54. The van der Waals surface area contributed by atoms with Crippen LogP contribution in [0, 0.1) is 0 Å². The van der Waals surface area contributed by atoms with E-state index in [4.69, 9.17) is 4.55 Å². The fraction of sp³-hybridized carbons (Fsp3) is 0.500. The molecule has 0 aliphatic heterocycles. The summed E-state index contributed by atoms with van der Waals surface area (Å²) in [6.45, 7) is 3.31. The first-order valence-electron chi connectivity index (χ1n) is 3.68. The maximum absolute atomic E-state index is 10.9. The Balaban J connectivity index is 3.13. The third-order valence-corrected chi connectivity index (χ3v) is 3.49. The summed E-state index contributed by atoms with van der Waals surface area (Å²) in [4.78, 5) is 0. The Morgan fingerprint density at radius 1 is 1.58 bits per heavy atom. The Morgan fingerprint density at radius 2 is 2.17 bits per heavy atom. The molecule has 0 saturated heterocycles. The molecule has 0 spiro atoms. The minimum absolute atomic E-state index is 0.336. The van der Waals surface area contributed by atoms with Crippen LogP contribution in [-0.2, 0) is 10.1 Å². The lowest BCUT2D eigenvalue weighted by Crippen LogP contribution is -2.33. The monoisotopic (exact) mass is 188 g/mol. The van der Waals surface area contributed by atoms with E-state index in [-0.39, 0.29) is 0 Å². The Labute approximate surface area is 72.5 Å². The van der Waals surface area contributed by atoms with Gasteiger partial charge >= 0.3 is 0 Å². The molecule has 1 rings (SSSR count). The zero-order valence-electron chi connectivity index (χ0n) is 7.11. The Kier molecular flexibility index (Phi) is 2.14. The average molecular weight is 188 g/mol. The van der Waals surface area contributed by atoms with Gasteiger partial charge in [0.15, 0.2) is 0 Å². The van der Waals surface area contributed by atoms with Gasteiger partial charge in [0.2, 0.25) is 0 Å². The third-order valence-electron chi connectivity index (χ3n) is 2.03. The van der Waals surface area contributed by atoms with Gasteiger partial charge in [-0.1, -0.05) is 23.8 Å². The van der Waals surface area contributed by atoms with E-state index < -0.39 is 14.9 Å². The molecule has 0 heterocycles. The summed E-state index contributed by atoms with van der Waals surface area (Å²) in [5.74, 6) is 0. The molecule has 3 nitrogen and oxygen atoms in total. The molecule has 1 unspecified atom stereocenters. The molecule has 0 bridgehead atoms. The maximum Gasteiger partial charge on any atom is 0.274 e. The van der Waals surface area contributed by atoms with Crippen LogP contribution in [0.3, 0.4) is 0 Å². The van der Waals surface area contributed by atoms with Crippen LogP contribution >= 0.6 is 0 Å². The largest absolute Gasteiger partial charge is 0.285 e. The SMILES string of the molecule is CC1=CC(C)(S(=O)(=O)O)CC=C1. The summed E-state index contributed by atoms with van der Waals surface area (Å²) in [6.07, 6.45) is 5.50. The van der Waals surface area contributed by atoms with Crippen molar-refractivity contribution >= 4 is 10.1 Å². The number of rotatable bonds is 1. The first-order chi connectivity index (χ1) is 5.35. The molecule has 12 heavy (non-hydrogen) atoms. The van der Waals surface area contributed by atoms with Gasteiger partial charge in [0.1, 0.15) is 4.75 Å². The van der Waals surface area contributed by atoms with E-state index in [2.05, 4.69) is 0 Å². The zero-order chi connectivity index (χ0) is 9.41. The second kappa shape index (κ2) is 2.71. The van der Waals surface area contributed by atoms with Gasteiger partial charge in [-0.15, -0.1) is 0 Å². The van der Waals surface area contributed by atoms with Crippen LogP contribution in [0.15, 0.2) is 23.8 Å². The van der Waals surface area contributed by atoms with Crippen LogP contribution in [0.4, 0.5) is 0 Å². The lowest BCUT2D eigenvalue weighted by molar-refractivity contribution is 0.452. The van der Waals surface area contributed by atoms with Crippen molar-refractivity contribution in [2.45, 2.75) is 25.0 Å². The molecule has 1 aliphatic rings. The first-order valence-corrected chi connectivity index (χ1v) is 5.12. The highest BCUT2D eigenvalue weighted by atomic mass is 32.2. The van der Waals surface area contributed by atoms with Crippen LogP contribution in [0.2, 0.25) is 0 Å². The van der Waals surface area contributed by atoms with Crippen molar-refractivity contribution in [2.24, 2.45) is 0 Å². The van der Waals surface area contributed by atoms with Crippen molar-refractivity contribution in [3.05, 3.63) is 23.8 Å². The van der Waals surface area contributed by atoms with Crippen molar-refractivity contribution < 1.29 is 13.0 Å². The van der Waals surface area contributed by atoms with E-state index >= 15 is 0 Å². The van der Waals surface area contributed by atoms with Crippen molar-refractivity contribution in [1.29, 1.82) is 0 Å². The van der Waals surface area contributed by atoms with Gasteiger partial charge < -0.3 is 0 Å². The lowest BCUT2D eigenvalue weighted by Gasteiger charge is -2.23. The van der Waals surface area contributed by atoms with Gasteiger partial charge in [-0.05, 0) is 20.3 Å². The Bertz CT molecular complexity index is 337. The molecule has 0 aromatic heterocycles. The van der Waals surface area contributed by atoms with E-state index in [9.17, 15) is 8.42 Å². The molecule has 0 aromatic carbocycles. The Morgan fingerprint density at radius 3 is 2.50 bits per heavy atom. The van der Waals surface area contributed by atoms with Crippen LogP contribution in [0.1, 0.15) is 20.3 Å². The van der Waals surface area contributed by atoms with Crippen LogP contribution in [0.25, 0.3) is 0 Å². The summed E-state index contributed by atoms with van der Waals surface area (Å²) in [7, 11) is -3.99. The van der Waals surface area contributed by atoms with Crippen molar-refractivity contribution in [3.63, 3.8) is 0 Å². The van der Waals surface area contributed by atoms with E-state index in [0.29, 0.717) is 6.42 Å². The minimum atomic E-state index is -3.99. The van der Waals surface area contributed by atoms with E-state index in [1.807, 2.05) is 6.08 Å². The van der Waals surface area contributed by atoms with Gasteiger partial charge in [-0.2, -0.15) is 8.42 Å². The van der Waals surface area contributed by atoms with Crippen LogP contribution < -0.4 is 0 Å². The molecule has 1 aliphatic carbocycles. The fourth-order valence-electron chi connectivity index (χ4n) is 1.25. The van der Waals surface area contributed by atoms with E-state index in [1.165, 1.54) is 6.92 Å². The highest BCUT2D eigenvalue weighted by Crippen LogP contribution is 2.28. The number of hydrogen-bond donors (Lipinski definition) is 1. The molecule has 0 amide bonds. The van der Waals surface area contributed by atoms with E-state index in [0.717, 1.165) is 5.57 Å². The molecular weight excluding hydrogens is 176 g/mol. The highest BCUT2D eigenvalue weighted by molar-refractivity contribution is 7.87. The second-order valence-electron chi connectivity index (χ2n) is 3.28. The average Bonchev–Trinajstić information content (AvgIpc) is 1.83. The minimum Gasteiger partial charge on any atom is -0.285 e. The van der Waals surface area contributed by atoms with Gasteiger partial charge in [0.25, 0.3) is 10.1 Å². The fourth-order valence-corrected chi connectivity index (χ4v) is 1.89. The van der Waals surface area contributed by atoms with Crippen molar-refractivity contribution in [3.8, 4) is 0 Å². The summed E-state index contributed by atoms with van der Waals surface area (Å²) in [6, 6.07) is 0. The van der Waals surface area contributed by atoms with Crippen LogP contribution in [0.5, 0.6) is 0 Å². The molecular formula is C8H12O3S. The molecule has 0 radical (unpaired) electrons. The summed E-state index contributed by atoms with van der Waals surface area (Å²) < 4.78 is 29.6. The quantitative estimate of drug-likeness (QED) is 0.635. The van der Waals surface area contributed by atoms with Crippen LogP contribution in [-0.4, -0.2) is 17.7 Å². The Hall–Kier alpha value is -0.610. The molecule has 0 aromatic rings. The van der Waals surface area contributed by atoms with Crippen molar-refractivity contribution in [2.75, 3.05) is 0 Å². The van der Waals surface area contributed by atoms with Crippen molar-refractivity contribution in [1.82, 2.24) is 0 Å². The zero-order valence-corrected chi connectivity index (χ0v) is 7.93. The number of hydrogen-bond acceptors (Lipinski definition) is 2. The lowest BCUT2D eigenvalue weighted by atomic mass is 9.98. The van der Waals surface area contributed by atoms with Gasteiger partial charge in [-0.25, -0.2) is 0 Å². The standard InChI is InChI=1S/C8H12O3S/c1-7-4-3-5-8(2,6-7)12(9,10)11/h3-4,6H,5H2,1-2H3,(H,9,10,11). The maximum atomic E-state index is 10.9. The predicted molar refractivity (Wildman–Crippen MR) is 47.5 cm³/mol. The second-order valence-corrected chi connectivity index (χ2v) is 5.17. The highest BCUT2D eigenvalue weighted by Gasteiger charge is 2.35. The summed E-state index contributed by atoms with van der Waals surface area (Å²) in [5, 5.41) is 0. The first kappa shape index (κ1) is 9.48. The molecule has 4 heteroatoms. The van der Waals surface area contributed by atoms with Gasteiger partial charge in [0, 0.05) is 0 Å². The van der Waals surface area contributed by atoms with Gasteiger partial charge in [-0.3, -0.25) is 4.55 Å². The molecule has 1 atom stereocenters. The molecule has 68 valence electrons. The molecule has 1 N–H and O–H groups in total. The third kappa shape index (κ3) is 1.59. The summed E-state index contributed by atoms with van der Waals surface area (Å²) in [5.41, 5.74) is 0.862. The van der Waals surface area contributed by atoms with Gasteiger partial charge in [0.05, 0.1) is 0 Å². The van der Waals surface area contributed by atoms with E-state index in [1.54, 1.807) is 19.1 Å². The number of allylic oxidation sites excluding steroid dienone is 3. The summed E-state index contributed by atoms with van der Waals surface area (Å²) >= 11 is 0. The molecule has 0 fully saturated rings.